The summed E-state index contributed by atoms with van der Waals surface area (Å²) in [4.78, 5) is 20.0. The Morgan fingerprint density at radius 3 is 2.35 bits per heavy atom. The van der Waals surface area contributed by atoms with Crippen LogP contribution in [0.15, 0.2) is 110 Å². The van der Waals surface area contributed by atoms with Crippen molar-refractivity contribution in [3.05, 3.63) is 126 Å². The smallest absolute Gasteiger partial charge is 0.493 e. The molecule has 52 heavy (non-hydrogen) atoms. The number of anilines is 4. The standard InChI is InChI=1S/C40H34F3N5O4/c41-40(42,43)52-31-7-1-27(2-8-31)24-48-25-34(32-13-15-44-23-38(32)48)28-4-11-33-36(22-28)45-35-12-3-26(21-37(35)46-39(33)49)14-18-51-30-9-5-29(6-10-30)47-16-19-50-20-17-47/h1-13,15,21-23,25,45H,14,16-20,24H2,(H,46,49). The molecule has 4 heterocycles. The van der Waals surface area contributed by atoms with Gasteiger partial charge in [-0.1, -0.05) is 24.3 Å². The predicted molar refractivity (Wildman–Crippen MR) is 194 cm³/mol. The maximum absolute atomic E-state index is 13.4. The second-order valence-electron chi connectivity index (χ2n) is 12.7. The van der Waals surface area contributed by atoms with Gasteiger partial charge in [0, 0.05) is 55.1 Å². The highest BCUT2D eigenvalue weighted by Gasteiger charge is 2.31. The van der Waals surface area contributed by atoms with Crippen LogP contribution in [0.2, 0.25) is 0 Å². The molecule has 2 aliphatic rings. The van der Waals surface area contributed by atoms with Crippen LogP contribution >= 0.6 is 0 Å². The largest absolute Gasteiger partial charge is 0.573 e. The highest BCUT2D eigenvalue weighted by molar-refractivity contribution is 6.13. The number of nitrogens with zero attached hydrogens (tertiary/aromatic N) is 3. The van der Waals surface area contributed by atoms with Crippen LogP contribution in [0.3, 0.4) is 0 Å². The Hall–Kier alpha value is -6.01. The minimum absolute atomic E-state index is 0.217. The molecule has 0 unspecified atom stereocenters. The average Bonchev–Trinajstić information content (AvgIpc) is 3.44. The molecule has 264 valence electrons. The number of benzene rings is 4. The first-order valence-corrected chi connectivity index (χ1v) is 16.9. The van der Waals surface area contributed by atoms with E-state index in [1.54, 1.807) is 24.5 Å². The van der Waals surface area contributed by atoms with E-state index in [2.05, 4.69) is 37.4 Å². The highest BCUT2D eigenvalue weighted by atomic mass is 19.4. The predicted octanol–water partition coefficient (Wildman–Crippen LogP) is 8.42. The van der Waals surface area contributed by atoms with Crippen molar-refractivity contribution in [2.24, 2.45) is 0 Å². The molecule has 2 aliphatic heterocycles. The summed E-state index contributed by atoms with van der Waals surface area (Å²) in [5.41, 5.74) is 8.30. The molecule has 1 fully saturated rings. The molecule has 1 amide bonds. The van der Waals surface area contributed by atoms with E-state index in [1.807, 2.05) is 65.4 Å². The molecule has 0 radical (unpaired) electrons. The molecular formula is C40H34F3N5O4. The first kappa shape index (κ1) is 33.2. The third-order valence-corrected chi connectivity index (χ3v) is 9.24. The number of nitrogens with one attached hydrogen (secondary N) is 2. The molecule has 6 aromatic rings. The minimum atomic E-state index is -4.75. The van der Waals surface area contributed by atoms with E-state index in [0.29, 0.717) is 36.5 Å². The van der Waals surface area contributed by atoms with Crippen LogP contribution in [0.1, 0.15) is 21.5 Å². The third-order valence-electron chi connectivity index (χ3n) is 9.24. The quantitative estimate of drug-likeness (QED) is 0.156. The number of aromatic nitrogens is 2. The first-order chi connectivity index (χ1) is 25.3. The van der Waals surface area contributed by atoms with Gasteiger partial charge >= 0.3 is 6.36 Å². The molecule has 8 rings (SSSR count). The molecule has 9 nitrogen and oxygen atoms in total. The van der Waals surface area contributed by atoms with Gasteiger partial charge in [-0.05, 0) is 83.4 Å². The summed E-state index contributed by atoms with van der Waals surface area (Å²) >= 11 is 0. The Morgan fingerprint density at radius 1 is 0.788 bits per heavy atom. The lowest BCUT2D eigenvalue weighted by atomic mass is 10.0. The number of pyridine rings is 1. The summed E-state index contributed by atoms with van der Waals surface area (Å²) in [5, 5.41) is 7.47. The van der Waals surface area contributed by atoms with Gasteiger partial charge in [0.1, 0.15) is 11.5 Å². The second kappa shape index (κ2) is 14.0. The SMILES string of the molecule is O=C1Nc2cc(CCOc3ccc(N4CCOCC4)cc3)ccc2Nc2cc(-c3cn(Cc4ccc(OC(F)(F)F)cc4)c4cnccc34)ccc21. The van der Waals surface area contributed by atoms with Crippen molar-refractivity contribution in [1.82, 2.24) is 9.55 Å². The topological polar surface area (TPSA) is 89.9 Å². The van der Waals surface area contributed by atoms with Crippen LogP contribution in [-0.2, 0) is 17.7 Å². The highest BCUT2D eigenvalue weighted by Crippen LogP contribution is 2.38. The molecule has 0 aliphatic carbocycles. The number of hydrogen-bond donors (Lipinski definition) is 2. The summed E-state index contributed by atoms with van der Waals surface area (Å²) < 4.78 is 55.4. The Labute approximate surface area is 297 Å². The Morgan fingerprint density at radius 2 is 1.56 bits per heavy atom. The van der Waals surface area contributed by atoms with Crippen molar-refractivity contribution in [3.8, 4) is 22.6 Å². The van der Waals surface area contributed by atoms with E-state index in [4.69, 9.17) is 9.47 Å². The van der Waals surface area contributed by atoms with Crippen molar-refractivity contribution in [1.29, 1.82) is 0 Å². The van der Waals surface area contributed by atoms with Gasteiger partial charge in [-0.3, -0.25) is 9.78 Å². The summed E-state index contributed by atoms with van der Waals surface area (Å²) in [7, 11) is 0. The van der Waals surface area contributed by atoms with Gasteiger partial charge in [-0.15, -0.1) is 13.2 Å². The Balaban J connectivity index is 0.972. The number of carbonyl (C=O) groups is 1. The zero-order valence-electron chi connectivity index (χ0n) is 28.0. The van der Waals surface area contributed by atoms with Crippen molar-refractivity contribution in [3.63, 3.8) is 0 Å². The van der Waals surface area contributed by atoms with Crippen LogP contribution in [0.4, 0.5) is 35.9 Å². The Kier molecular flexibility index (Phi) is 8.90. The zero-order valence-corrected chi connectivity index (χ0v) is 28.0. The monoisotopic (exact) mass is 705 g/mol. The maximum atomic E-state index is 13.4. The number of carbonyl (C=O) groups excluding carboxylic acids is 1. The molecule has 0 spiro atoms. The van der Waals surface area contributed by atoms with Crippen LogP contribution in [-0.4, -0.2) is 54.7 Å². The number of ether oxygens (including phenoxy) is 3. The van der Waals surface area contributed by atoms with Gasteiger partial charge in [-0.2, -0.15) is 0 Å². The number of morpholine rings is 1. The van der Waals surface area contributed by atoms with Gasteiger partial charge in [0.15, 0.2) is 0 Å². The number of alkyl halides is 3. The molecule has 0 saturated carbocycles. The minimum Gasteiger partial charge on any atom is -0.493 e. The first-order valence-electron chi connectivity index (χ1n) is 16.9. The molecule has 0 atom stereocenters. The van der Waals surface area contributed by atoms with E-state index in [0.717, 1.165) is 76.6 Å². The normalized spacial score (nSPS) is 14.2. The van der Waals surface area contributed by atoms with Gasteiger partial charge in [0.05, 0.1) is 54.2 Å². The summed E-state index contributed by atoms with van der Waals surface area (Å²) in [6.45, 7) is 4.14. The van der Waals surface area contributed by atoms with E-state index in [-0.39, 0.29) is 11.7 Å². The fraction of sp³-hybridized carbons (Fsp3) is 0.200. The van der Waals surface area contributed by atoms with Crippen LogP contribution in [0, 0.1) is 0 Å². The van der Waals surface area contributed by atoms with Crippen LogP contribution in [0.5, 0.6) is 11.5 Å². The van der Waals surface area contributed by atoms with Crippen molar-refractivity contribution in [2.75, 3.05) is 48.4 Å². The van der Waals surface area contributed by atoms with E-state index >= 15 is 0 Å². The molecular weight excluding hydrogens is 671 g/mol. The second-order valence-corrected chi connectivity index (χ2v) is 12.7. The summed E-state index contributed by atoms with van der Waals surface area (Å²) in [6.07, 6.45) is 1.38. The molecule has 12 heteroatoms. The number of fused-ring (bicyclic) bond motifs is 3. The number of amides is 1. The number of hydrogen-bond acceptors (Lipinski definition) is 7. The number of rotatable bonds is 9. The van der Waals surface area contributed by atoms with E-state index in [9.17, 15) is 18.0 Å². The Bertz CT molecular complexity index is 2230. The van der Waals surface area contributed by atoms with Crippen molar-refractivity contribution >= 4 is 39.6 Å². The average molecular weight is 706 g/mol. The molecule has 2 aromatic heterocycles. The van der Waals surface area contributed by atoms with Crippen LogP contribution in [0.25, 0.3) is 22.0 Å². The molecule has 0 bridgehead atoms. The number of halogens is 3. The summed E-state index contributed by atoms with van der Waals surface area (Å²) in [6, 6.07) is 27.5. The molecule has 4 aromatic carbocycles. The van der Waals surface area contributed by atoms with Gasteiger partial charge in [-0.25, -0.2) is 0 Å². The van der Waals surface area contributed by atoms with Gasteiger partial charge in [0.2, 0.25) is 0 Å². The van der Waals surface area contributed by atoms with E-state index in [1.165, 1.54) is 12.1 Å². The lowest BCUT2D eigenvalue weighted by Crippen LogP contribution is -2.36. The van der Waals surface area contributed by atoms with Crippen molar-refractivity contribution in [2.45, 2.75) is 19.3 Å². The lowest BCUT2D eigenvalue weighted by Gasteiger charge is -2.28. The van der Waals surface area contributed by atoms with Crippen molar-refractivity contribution < 1.29 is 32.2 Å². The fourth-order valence-corrected chi connectivity index (χ4v) is 6.66. The van der Waals surface area contributed by atoms with Gasteiger partial charge in [0.25, 0.3) is 5.91 Å². The third kappa shape index (κ3) is 7.24. The van der Waals surface area contributed by atoms with E-state index < -0.39 is 6.36 Å². The zero-order chi connectivity index (χ0) is 35.7. The fourth-order valence-electron chi connectivity index (χ4n) is 6.66. The molecule has 1 saturated heterocycles. The van der Waals surface area contributed by atoms with Crippen LogP contribution < -0.4 is 25.0 Å². The molecule has 2 N–H and O–H groups in total. The maximum Gasteiger partial charge on any atom is 0.573 e. The lowest BCUT2D eigenvalue weighted by molar-refractivity contribution is -0.274. The summed E-state index contributed by atoms with van der Waals surface area (Å²) in [5.74, 6) is 0.318. The van der Waals surface area contributed by atoms with Gasteiger partial charge < -0.3 is 34.3 Å².